The Morgan fingerprint density at radius 3 is 2.10 bits per heavy atom. The van der Waals surface area contributed by atoms with Gasteiger partial charge in [-0.25, -0.2) is 0 Å². The molecule has 0 aliphatic rings. The van der Waals surface area contributed by atoms with E-state index in [0.717, 1.165) is 12.8 Å². The molecule has 0 spiro atoms. The van der Waals surface area contributed by atoms with E-state index in [0.29, 0.717) is 29.4 Å². The summed E-state index contributed by atoms with van der Waals surface area (Å²) in [7, 11) is 0.0802. The van der Waals surface area contributed by atoms with Crippen LogP contribution in [0.2, 0.25) is 0 Å². The largest absolute Gasteiger partial charge is 0.496 e. The van der Waals surface area contributed by atoms with Crippen LogP contribution in [0.15, 0.2) is 18.2 Å². The highest BCUT2D eigenvalue weighted by Crippen LogP contribution is 2.52. The van der Waals surface area contributed by atoms with E-state index in [-0.39, 0.29) is 5.52 Å². The van der Waals surface area contributed by atoms with E-state index in [9.17, 15) is 9.36 Å². The normalized spacial score (nSPS) is 13.6. The van der Waals surface area contributed by atoms with Gasteiger partial charge in [0.25, 0.3) is 0 Å². The standard InChI is InChI=1S/C15H23O4P/c1-5-7-11-20(17,6-2)15(16)14-12(18-3)9-8-10-13(14)19-4/h8-10H,5-7,11H2,1-4H3. The van der Waals surface area contributed by atoms with Crippen LogP contribution in [-0.2, 0) is 4.57 Å². The quantitative estimate of drug-likeness (QED) is 0.680. The van der Waals surface area contributed by atoms with Crippen LogP contribution in [0, 0.1) is 0 Å². The molecule has 5 heteroatoms. The van der Waals surface area contributed by atoms with Gasteiger partial charge in [0.05, 0.1) is 14.2 Å². The zero-order chi connectivity index (χ0) is 15.2. The first kappa shape index (κ1) is 16.8. The van der Waals surface area contributed by atoms with Crippen LogP contribution in [0.3, 0.4) is 0 Å². The van der Waals surface area contributed by atoms with Gasteiger partial charge in [-0.1, -0.05) is 26.3 Å². The maximum Gasteiger partial charge on any atom is 0.228 e. The van der Waals surface area contributed by atoms with Crippen LogP contribution in [0.1, 0.15) is 37.0 Å². The first-order chi connectivity index (χ1) is 9.53. The summed E-state index contributed by atoms with van der Waals surface area (Å²) < 4.78 is 23.4. The Kier molecular flexibility index (Phi) is 6.28. The second kappa shape index (κ2) is 7.49. The fraction of sp³-hybridized carbons (Fsp3) is 0.533. The molecule has 1 unspecified atom stereocenters. The monoisotopic (exact) mass is 298 g/mol. The molecule has 0 saturated carbocycles. The van der Waals surface area contributed by atoms with E-state index in [2.05, 4.69) is 0 Å². The van der Waals surface area contributed by atoms with Crippen LogP contribution in [0.25, 0.3) is 0 Å². The van der Waals surface area contributed by atoms with Gasteiger partial charge in [-0.15, -0.1) is 0 Å². The lowest BCUT2D eigenvalue weighted by atomic mass is 10.2. The van der Waals surface area contributed by atoms with Crippen LogP contribution in [-0.4, -0.2) is 32.1 Å². The van der Waals surface area contributed by atoms with E-state index in [1.54, 1.807) is 25.1 Å². The topological polar surface area (TPSA) is 52.6 Å². The Morgan fingerprint density at radius 1 is 1.15 bits per heavy atom. The van der Waals surface area contributed by atoms with E-state index < -0.39 is 7.14 Å². The molecule has 4 nitrogen and oxygen atoms in total. The van der Waals surface area contributed by atoms with Gasteiger partial charge in [-0.05, 0) is 18.6 Å². The molecule has 1 aromatic rings. The van der Waals surface area contributed by atoms with Gasteiger partial charge < -0.3 is 14.0 Å². The first-order valence-electron chi connectivity index (χ1n) is 6.88. The number of rotatable bonds is 8. The van der Waals surface area contributed by atoms with E-state index in [1.807, 2.05) is 6.92 Å². The van der Waals surface area contributed by atoms with Crippen molar-refractivity contribution in [2.24, 2.45) is 0 Å². The van der Waals surface area contributed by atoms with Crippen LogP contribution < -0.4 is 9.47 Å². The Morgan fingerprint density at radius 2 is 1.70 bits per heavy atom. The van der Waals surface area contributed by atoms with Gasteiger partial charge in [0.2, 0.25) is 5.52 Å². The predicted molar refractivity (Wildman–Crippen MR) is 81.8 cm³/mol. The molecular formula is C15H23O4P. The van der Waals surface area contributed by atoms with E-state index in [1.165, 1.54) is 14.2 Å². The Hall–Kier alpha value is -1.28. The van der Waals surface area contributed by atoms with Crippen LogP contribution in [0.4, 0.5) is 0 Å². The molecule has 0 N–H and O–H groups in total. The third kappa shape index (κ3) is 3.43. The van der Waals surface area contributed by atoms with Crippen molar-refractivity contribution >= 4 is 12.7 Å². The van der Waals surface area contributed by atoms with Crippen LogP contribution >= 0.6 is 7.14 Å². The number of ether oxygens (including phenoxy) is 2. The van der Waals surface area contributed by atoms with Gasteiger partial charge >= 0.3 is 0 Å². The molecule has 1 rings (SSSR count). The van der Waals surface area contributed by atoms with Crippen molar-refractivity contribution in [2.75, 3.05) is 26.5 Å². The Labute approximate surface area is 120 Å². The highest BCUT2D eigenvalue weighted by Gasteiger charge is 2.34. The highest BCUT2D eigenvalue weighted by atomic mass is 31.2. The van der Waals surface area contributed by atoms with Gasteiger partial charge in [-0.2, -0.15) is 0 Å². The summed E-state index contributed by atoms with van der Waals surface area (Å²) in [6, 6.07) is 5.13. The molecule has 20 heavy (non-hydrogen) atoms. The zero-order valence-corrected chi connectivity index (χ0v) is 13.5. The summed E-state index contributed by atoms with van der Waals surface area (Å²) in [4.78, 5) is 12.7. The zero-order valence-electron chi connectivity index (χ0n) is 12.6. The summed E-state index contributed by atoms with van der Waals surface area (Å²) in [6.07, 6.45) is 2.52. The van der Waals surface area contributed by atoms with Gasteiger partial charge in [0, 0.05) is 12.3 Å². The SMILES string of the molecule is CCCCP(=O)(CC)C(=O)c1c(OC)cccc1OC. The molecule has 0 bridgehead atoms. The second-order valence-electron chi connectivity index (χ2n) is 4.63. The fourth-order valence-electron chi connectivity index (χ4n) is 2.08. The summed E-state index contributed by atoms with van der Waals surface area (Å²) in [5.41, 5.74) is -0.0264. The molecule has 1 atom stereocenters. The van der Waals surface area contributed by atoms with Crippen molar-refractivity contribution in [3.05, 3.63) is 23.8 Å². The molecule has 0 amide bonds. The van der Waals surface area contributed by atoms with Gasteiger partial charge in [-0.3, -0.25) is 4.79 Å². The lowest BCUT2D eigenvalue weighted by Crippen LogP contribution is -2.10. The summed E-state index contributed by atoms with van der Waals surface area (Å²) in [5, 5.41) is 0. The number of unbranched alkanes of at least 4 members (excludes halogenated alkanes) is 1. The maximum absolute atomic E-state index is 12.9. The predicted octanol–water partition coefficient (Wildman–Crippen LogP) is 4.03. The third-order valence-corrected chi connectivity index (χ3v) is 6.42. The minimum atomic E-state index is -2.91. The maximum atomic E-state index is 12.9. The van der Waals surface area contributed by atoms with Gasteiger partial charge in [0.1, 0.15) is 17.1 Å². The molecule has 0 aliphatic heterocycles. The minimum absolute atomic E-state index is 0.304. The number of methoxy groups -OCH3 is 2. The minimum Gasteiger partial charge on any atom is -0.496 e. The average molecular weight is 298 g/mol. The molecule has 0 aromatic heterocycles. The number of benzene rings is 1. The Balaban J connectivity index is 3.28. The lowest BCUT2D eigenvalue weighted by molar-refractivity contribution is 0.106. The van der Waals surface area contributed by atoms with Crippen LogP contribution in [0.5, 0.6) is 11.5 Å². The van der Waals surface area contributed by atoms with Crippen molar-refractivity contribution in [3.8, 4) is 11.5 Å². The lowest BCUT2D eigenvalue weighted by Gasteiger charge is -2.18. The fourth-order valence-corrected chi connectivity index (χ4v) is 4.34. The summed E-state index contributed by atoms with van der Waals surface area (Å²) in [6.45, 7) is 3.82. The average Bonchev–Trinajstić information content (AvgIpc) is 2.50. The summed E-state index contributed by atoms with van der Waals surface area (Å²) >= 11 is 0. The van der Waals surface area contributed by atoms with E-state index >= 15 is 0 Å². The molecule has 1 aromatic carbocycles. The Bertz CT molecular complexity index is 488. The highest BCUT2D eigenvalue weighted by molar-refractivity contribution is 7.81. The smallest absolute Gasteiger partial charge is 0.228 e. The number of hydrogen-bond acceptors (Lipinski definition) is 4. The molecule has 0 fully saturated rings. The third-order valence-electron chi connectivity index (χ3n) is 3.40. The number of carbonyl (C=O) groups is 1. The van der Waals surface area contributed by atoms with Gasteiger partial charge in [0.15, 0.2) is 7.14 Å². The molecule has 112 valence electrons. The first-order valence-corrected chi connectivity index (χ1v) is 8.95. The van der Waals surface area contributed by atoms with Crippen molar-refractivity contribution < 1.29 is 18.8 Å². The van der Waals surface area contributed by atoms with Crippen molar-refractivity contribution in [3.63, 3.8) is 0 Å². The van der Waals surface area contributed by atoms with E-state index in [4.69, 9.17) is 9.47 Å². The molecule has 0 heterocycles. The number of hydrogen-bond donors (Lipinski definition) is 0. The summed E-state index contributed by atoms with van der Waals surface area (Å²) in [5.74, 6) is 0.832. The number of carbonyl (C=O) groups excluding carboxylic acids is 1. The van der Waals surface area contributed by atoms with Crippen molar-refractivity contribution in [1.82, 2.24) is 0 Å². The second-order valence-corrected chi connectivity index (χ2v) is 7.89. The molecule has 0 saturated heterocycles. The van der Waals surface area contributed by atoms with Crippen molar-refractivity contribution in [2.45, 2.75) is 26.7 Å². The van der Waals surface area contributed by atoms with Crippen molar-refractivity contribution in [1.29, 1.82) is 0 Å². The molecule has 0 radical (unpaired) electrons. The molecule has 0 aliphatic carbocycles. The molecular weight excluding hydrogens is 275 g/mol.